The molecule has 0 atom stereocenters. The number of carbonyl (C=O) groups is 3. The zero-order valence-corrected chi connectivity index (χ0v) is 22.9. The van der Waals surface area contributed by atoms with Crippen LogP contribution in [0.2, 0.25) is 0 Å². The normalized spacial score (nSPS) is 14.8. The summed E-state index contributed by atoms with van der Waals surface area (Å²) in [4.78, 5) is 38.7. The molecule has 0 bridgehead atoms. The van der Waals surface area contributed by atoms with E-state index >= 15 is 0 Å². The van der Waals surface area contributed by atoms with E-state index in [0.29, 0.717) is 46.0 Å². The number of alkyl halides is 6. The summed E-state index contributed by atoms with van der Waals surface area (Å²) >= 11 is 0.409. The van der Waals surface area contributed by atoms with Crippen molar-refractivity contribution in [1.82, 2.24) is 4.90 Å². The summed E-state index contributed by atoms with van der Waals surface area (Å²) < 4.78 is 89.7. The molecule has 3 aromatic rings. The molecular weight excluding hydrogens is 606 g/mol. The van der Waals surface area contributed by atoms with Crippen molar-refractivity contribution in [2.24, 2.45) is 0 Å². The maximum atomic E-state index is 13.2. The number of phenols is 1. The fourth-order valence-corrected chi connectivity index (χ4v) is 4.86. The van der Waals surface area contributed by atoms with Crippen LogP contribution in [-0.2, 0) is 23.7 Å². The van der Waals surface area contributed by atoms with E-state index in [2.05, 4.69) is 5.32 Å². The van der Waals surface area contributed by atoms with Crippen molar-refractivity contribution in [2.75, 3.05) is 19.5 Å². The Labute approximate surface area is 243 Å². The van der Waals surface area contributed by atoms with Crippen molar-refractivity contribution in [3.05, 3.63) is 87.3 Å². The van der Waals surface area contributed by atoms with Gasteiger partial charge in [0.05, 0.1) is 42.4 Å². The van der Waals surface area contributed by atoms with Crippen molar-refractivity contribution in [1.29, 1.82) is 0 Å². The van der Waals surface area contributed by atoms with Crippen LogP contribution in [0.1, 0.15) is 32.6 Å². The van der Waals surface area contributed by atoms with Crippen molar-refractivity contribution in [2.45, 2.75) is 18.9 Å². The van der Waals surface area contributed by atoms with Crippen molar-refractivity contribution < 1.29 is 55.3 Å². The molecule has 0 aromatic heterocycles. The Bertz CT molecular complexity index is 1600. The van der Waals surface area contributed by atoms with Crippen LogP contribution in [0.4, 0.5) is 36.8 Å². The smallest absolute Gasteiger partial charge is 0.416 e. The number of phenolic OH excluding ortho intramolecular Hbond substituents is 1. The molecule has 1 fully saturated rings. The zero-order valence-electron chi connectivity index (χ0n) is 22.1. The molecule has 1 heterocycles. The van der Waals surface area contributed by atoms with Gasteiger partial charge in [-0.05, 0) is 71.4 Å². The highest BCUT2D eigenvalue weighted by atomic mass is 32.2. The Morgan fingerprint density at radius 1 is 0.907 bits per heavy atom. The quantitative estimate of drug-likeness (QED) is 0.216. The lowest BCUT2D eigenvalue weighted by molar-refractivity contribution is -0.143. The molecule has 15 heteroatoms. The maximum Gasteiger partial charge on any atom is 0.416 e. The molecule has 3 aromatic carbocycles. The number of anilines is 1. The first-order valence-corrected chi connectivity index (χ1v) is 12.8. The lowest BCUT2D eigenvalue weighted by Crippen LogP contribution is -2.28. The zero-order chi connectivity index (χ0) is 31.7. The van der Waals surface area contributed by atoms with E-state index in [0.717, 1.165) is 0 Å². The van der Waals surface area contributed by atoms with Gasteiger partial charge in [-0.15, -0.1) is 0 Å². The summed E-state index contributed by atoms with van der Waals surface area (Å²) in [6.07, 6.45) is -9.00. The van der Waals surface area contributed by atoms with Gasteiger partial charge in [0.2, 0.25) is 0 Å². The van der Waals surface area contributed by atoms with Crippen LogP contribution >= 0.6 is 11.8 Å². The van der Waals surface area contributed by atoms with Crippen molar-refractivity contribution >= 4 is 40.6 Å². The second kappa shape index (κ2) is 11.9. The Morgan fingerprint density at radius 3 is 2.12 bits per heavy atom. The van der Waals surface area contributed by atoms with Gasteiger partial charge >= 0.3 is 12.4 Å². The number of hydrogen-bond donors (Lipinski definition) is 2. The van der Waals surface area contributed by atoms with Crippen LogP contribution in [0.15, 0.2) is 59.5 Å². The average Bonchev–Trinajstić information content (AvgIpc) is 3.19. The molecule has 1 aliphatic heterocycles. The van der Waals surface area contributed by atoms with Crippen molar-refractivity contribution in [3.63, 3.8) is 0 Å². The highest BCUT2D eigenvalue weighted by Gasteiger charge is 2.39. The minimum absolute atomic E-state index is 0.0547. The summed E-state index contributed by atoms with van der Waals surface area (Å²) in [5, 5.41) is 11.9. The van der Waals surface area contributed by atoms with Gasteiger partial charge in [0.25, 0.3) is 17.1 Å². The number of thioether (sulfide) groups is 1. The number of halogens is 6. The summed E-state index contributed by atoms with van der Waals surface area (Å²) in [7, 11) is 2.84. The molecule has 0 radical (unpaired) electrons. The molecule has 0 unspecified atom stereocenters. The van der Waals surface area contributed by atoms with E-state index < -0.39 is 58.4 Å². The SMILES string of the molecule is COc1ccc(NC(=O)c2cc(C=C3SC(=O)N(Cc4cc(C(F)(F)F)cc(C(F)(F)F)c4)C3=O)ccc2O)cc1OC. The first-order chi connectivity index (χ1) is 20.1. The van der Waals surface area contributed by atoms with E-state index in [-0.39, 0.29) is 22.1 Å². The predicted octanol–water partition coefficient (Wildman–Crippen LogP) is 6.94. The Hall–Kier alpha value is -4.66. The van der Waals surface area contributed by atoms with Crippen LogP contribution in [0, 0.1) is 0 Å². The van der Waals surface area contributed by atoms with Gasteiger partial charge in [-0.1, -0.05) is 6.07 Å². The maximum absolute atomic E-state index is 13.2. The summed E-state index contributed by atoms with van der Waals surface area (Å²) in [5.74, 6) is -1.38. The lowest BCUT2D eigenvalue weighted by atomic mass is 10.0. The summed E-state index contributed by atoms with van der Waals surface area (Å²) in [6, 6.07) is 9.09. The highest BCUT2D eigenvalue weighted by Crippen LogP contribution is 2.39. The molecule has 4 rings (SSSR count). The monoisotopic (exact) mass is 626 g/mol. The van der Waals surface area contributed by atoms with Crippen LogP contribution in [0.25, 0.3) is 6.08 Å². The number of imide groups is 1. The summed E-state index contributed by atoms with van der Waals surface area (Å²) in [5.41, 5.74) is -3.42. The van der Waals surface area contributed by atoms with Gasteiger partial charge < -0.3 is 19.9 Å². The molecule has 0 aliphatic carbocycles. The fourth-order valence-electron chi connectivity index (χ4n) is 4.02. The molecule has 2 N–H and O–H groups in total. The average molecular weight is 627 g/mol. The molecule has 3 amide bonds. The Balaban J connectivity index is 1.57. The third-order valence-corrected chi connectivity index (χ3v) is 6.97. The number of methoxy groups -OCH3 is 2. The second-order valence-corrected chi connectivity index (χ2v) is 9.98. The Morgan fingerprint density at radius 2 is 1.53 bits per heavy atom. The van der Waals surface area contributed by atoms with Crippen molar-refractivity contribution in [3.8, 4) is 17.2 Å². The number of rotatable bonds is 7. The van der Waals surface area contributed by atoms with Gasteiger partial charge in [-0.3, -0.25) is 19.3 Å². The first kappa shape index (κ1) is 31.3. The van der Waals surface area contributed by atoms with Crippen LogP contribution < -0.4 is 14.8 Å². The number of carbonyl (C=O) groups excluding carboxylic acids is 3. The summed E-state index contributed by atoms with van der Waals surface area (Å²) in [6.45, 7) is -0.844. The molecule has 1 aliphatic rings. The Kier molecular flexibility index (Phi) is 8.67. The third kappa shape index (κ3) is 7.05. The fraction of sp³-hybridized carbons (Fsp3) is 0.179. The molecule has 8 nitrogen and oxygen atoms in total. The first-order valence-electron chi connectivity index (χ1n) is 12.0. The molecule has 0 spiro atoms. The second-order valence-electron chi connectivity index (χ2n) is 8.98. The van der Waals surface area contributed by atoms with Gasteiger partial charge in [0.1, 0.15) is 5.75 Å². The molecule has 0 saturated carbocycles. The van der Waals surface area contributed by atoms with E-state index in [1.165, 1.54) is 50.6 Å². The highest BCUT2D eigenvalue weighted by molar-refractivity contribution is 8.18. The van der Waals surface area contributed by atoms with E-state index in [1.54, 1.807) is 6.07 Å². The molecule has 1 saturated heterocycles. The minimum atomic E-state index is -5.10. The van der Waals surface area contributed by atoms with E-state index in [1.807, 2.05) is 0 Å². The number of nitrogens with one attached hydrogen (secondary N) is 1. The third-order valence-electron chi connectivity index (χ3n) is 6.07. The number of nitrogens with zero attached hydrogens (tertiary/aromatic N) is 1. The van der Waals surface area contributed by atoms with Crippen LogP contribution in [0.3, 0.4) is 0 Å². The van der Waals surface area contributed by atoms with Gasteiger partial charge in [-0.2, -0.15) is 26.3 Å². The van der Waals surface area contributed by atoms with Gasteiger partial charge in [0.15, 0.2) is 11.5 Å². The molecule has 43 heavy (non-hydrogen) atoms. The minimum Gasteiger partial charge on any atom is -0.507 e. The molecular formula is C28H20F6N2O6S. The van der Waals surface area contributed by atoms with Crippen LogP contribution in [0.5, 0.6) is 17.2 Å². The standard InChI is InChI=1S/C28H20F6N2O6S/c1-41-21-6-4-18(12-22(21)42-2)35-24(38)19-9-14(3-5-20(19)37)10-23-25(39)36(26(40)43-23)13-15-7-16(27(29,30)31)11-17(8-15)28(32,33)34/h3-12,37H,13H2,1-2H3,(H,35,38). The van der Waals surface area contributed by atoms with Gasteiger partial charge in [-0.25, -0.2) is 0 Å². The molecule has 226 valence electrons. The number of benzene rings is 3. The number of ether oxygens (including phenoxy) is 2. The number of aromatic hydroxyl groups is 1. The topological polar surface area (TPSA) is 105 Å². The van der Waals surface area contributed by atoms with E-state index in [9.17, 15) is 45.8 Å². The largest absolute Gasteiger partial charge is 0.507 e. The van der Waals surface area contributed by atoms with Gasteiger partial charge in [0, 0.05) is 11.8 Å². The number of hydrogen-bond acceptors (Lipinski definition) is 7. The lowest BCUT2D eigenvalue weighted by Gasteiger charge is -2.17. The van der Waals surface area contributed by atoms with Crippen LogP contribution in [-0.4, -0.2) is 41.3 Å². The predicted molar refractivity (Wildman–Crippen MR) is 144 cm³/mol. The van der Waals surface area contributed by atoms with E-state index in [4.69, 9.17) is 9.47 Å². The number of amides is 3.